The average molecular weight is 445 g/mol. The van der Waals surface area contributed by atoms with Crippen LogP contribution in [0.5, 0.6) is 0 Å². The normalized spacial score (nSPS) is 15.5. The Morgan fingerprint density at radius 3 is 1.84 bits per heavy atom. The van der Waals surface area contributed by atoms with Crippen molar-refractivity contribution in [2.45, 2.75) is 70.6 Å². The summed E-state index contributed by atoms with van der Waals surface area (Å²) < 4.78 is 0. The molecule has 4 amide bonds. The third kappa shape index (κ3) is 10.4. The van der Waals surface area contributed by atoms with E-state index in [-0.39, 0.29) is 12.8 Å². The molecule has 0 aromatic heterocycles. The molecule has 0 heterocycles. The molecule has 9 N–H and O–H groups in total. The molecule has 5 unspecified atom stereocenters. The number of primary amides is 1. The summed E-state index contributed by atoms with van der Waals surface area (Å²) in [6.45, 7) is 4.69. The van der Waals surface area contributed by atoms with E-state index >= 15 is 0 Å². The minimum absolute atomic E-state index is 0.246. The number of nitrogens with two attached hydrogens (primary N) is 2. The highest BCUT2D eigenvalue weighted by Crippen LogP contribution is 2.10. The quantitative estimate of drug-likeness (QED) is 0.151. The highest BCUT2D eigenvalue weighted by Gasteiger charge is 2.33. The molecule has 0 aliphatic rings. The van der Waals surface area contributed by atoms with E-state index in [9.17, 15) is 33.9 Å². The minimum Gasteiger partial charge on any atom is -0.481 e. The molecule has 0 fully saturated rings. The monoisotopic (exact) mass is 445 g/mol. The van der Waals surface area contributed by atoms with Crippen molar-refractivity contribution in [2.24, 2.45) is 17.4 Å². The number of hydrogen-bond acceptors (Lipinski definition) is 7. The van der Waals surface area contributed by atoms with Crippen LogP contribution in [0.2, 0.25) is 0 Å². The average Bonchev–Trinajstić information content (AvgIpc) is 2.66. The van der Waals surface area contributed by atoms with Gasteiger partial charge in [0, 0.05) is 6.42 Å². The number of carboxylic acid groups (broad SMARTS) is 2. The SMILES string of the molecule is CCC(C)C(NC(=O)C(CC(=O)O)NC(=O)C(C)N)C(=O)NC(CCC(N)=O)C(=O)O. The van der Waals surface area contributed by atoms with Crippen LogP contribution in [0.15, 0.2) is 0 Å². The van der Waals surface area contributed by atoms with Gasteiger partial charge in [0.25, 0.3) is 0 Å². The molecule has 13 nitrogen and oxygen atoms in total. The van der Waals surface area contributed by atoms with E-state index in [0.717, 1.165) is 0 Å². The Morgan fingerprint density at radius 1 is 0.871 bits per heavy atom. The summed E-state index contributed by atoms with van der Waals surface area (Å²) in [5.41, 5.74) is 10.4. The van der Waals surface area contributed by atoms with Crippen molar-refractivity contribution in [2.75, 3.05) is 0 Å². The summed E-state index contributed by atoms with van der Waals surface area (Å²) in [6, 6.07) is -5.15. The van der Waals surface area contributed by atoms with Crippen LogP contribution < -0.4 is 27.4 Å². The Morgan fingerprint density at radius 2 is 1.42 bits per heavy atom. The zero-order chi connectivity index (χ0) is 24.3. The number of nitrogens with one attached hydrogen (secondary N) is 3. The first kappa shape index (κ1) is 27.8. The molecule has 176 valence electrons. The lowest BCUT2D eigenvalue weighted by Crippen LogP contribution is -2.58. The summed E-state index contributed by atoms with van der Waals surface area (Å²) in [7, 11) is 0. The first-order valence-corrected chi connectivity index (χ1v) is 9.69. The molecule has 0 aliphatic heterocycles. The van der Waals surface area contributed by atoms with Crippen molar-refractivity contribution in [3.05, 3.63) is 0 Å². The van der Waals surface area contributed by atoms with Gasteiger partial charge in [-0.1, -0.05) is 20.3 Å². The van der Waals surface area contributed by atoms with Crippen LogP contribution in [-0.2, 0) is 28.8 Å². The second-order valence-electron chi connectivity index (χ2n) is 7.22. The van der Waals surface area contributed by atoms with Crippen molar-refractivity contribution < 1.29 is 39.0 Å². The van der Waals surface area contributed by atoms with E-state index in [2.05, 4.69) is 16.0 Å². The lowest BCUT2D eigenvalue weighted by molar-refractivity contribution is -0.144. The standard InChI is InChI=1S/C18H31N5O8/c1-4-8(2)14(17(29)21-10(18(30)31)5-6-12(20)24)23-16(28)11(7-13(25)26)22-15(27)9(3)19/h8-11,14H,4-7,19H2,1-3H3,(H2,20,24)(H,21,29)(H,22,27)(H,23,28)(H,25,26)(H,30,31). The third-order valence-electron chi connectivity index (χ3n) is 4.51. The molecule has 0 spiro atoms. The van der Waals surface area contributed by atoms with E-state index in [1.165, 1.54) is 6.92 Å². The Balaban J connectivity index is 5.51. The largest absolute Gasteiger partial charge is 0.481 e. The molecule has 0 saturated carbocycles. The highest BCUT2D eigenvalue weighted by molar-refractivity contribution is 5.95. The van der Waals surface area contributed by atoms with Crippen LogP contribution in [-0.4, -0.2) is 69.9 Å². The van der Waals surface area contributed by atoms with E-state index < -0.39 is 72.1 Å². The third-order valence-corrected chi connectivity index (χ3v) is 4.51. The molecular formula is C18H31N5O8. The van der Waals surface area contributed by atoms with Gasteiger partial charge in [0.2, 0.25) is 23.6 Å². The van der Waals surface area contributed by atoms with Crippen molar-refractivity contribution >= 4 is 35.6 Å². The predicted octanol–water partition coefficient (Wildman–Crippen LogP) is -2.34. The maximum atomic E-state index is 12.7. The van der Waals surface area contributed by atoms with Gasteiger partial charge >= 0.3 is 11.9 Å². The first-order chi connectivity index (χ1) is 14.3. The fourth-order valence-electron chi connectivity index (χ4n) is 2.45. The summed E-state index contributed by atoms with van der Waals surface area (Å²) in [5, 5.41) is 25.1. The van der Waals surface area contributed by atoms with E-state index in [1.54, 1.807) is 13.8 Å². The predicted molar refractivity (Wildman–Crippen MR) is 107 cm³/mol. The minimum atomic E-state index is -1.50. The lowest BCUT2D eigenvalue weighted by Gasteiger charge is -2.27. The fourth-order valence-corrected chi connectivity index (χ4v) is 2.45. The van der Waals surface area contributed by atoms with Crippen molar-refractivity contribution in [3.63, 3.8) is 0 Å². The van der Waals surface area contributed by atoms with Crippen LogP contribution in [0.4, 0.5) is 0 Å². The molecule has 13 heteroatoms. The molecule has 0 aliphatic carbocycles. The molecule has 0 saturated heterocycles. The number of carbonyl (C=O) groups is 6. The van der Waals surface area contributed by atoms with Gasteiger partial charge < -0.3 is 37.6 Å². The van der Waals surface area contributed by atoms with Crippen LogP contribution in [0.25, 0.3) is 0 Å². The molecule has 0 bridgehead atoms. The molecule has 0 radical (unpaired) electrons. The van der Waals surface area contributed by atoms with Crippen LogP contribution in [0.3, 0.4) is 0 Å². The number of amides is 4. The maximum absolute atomic E-state index is 12.7. The molecule has 0 aromatic rings. The van der Waals surface area contributed by atoms with E-state index in [0.29, 0.717) is 6.42 Å². The molecule has 0 rings (SSSR count). The van der Waals surface area contributed by atoms with Gasteiger partial charge in [0.05, 0.1) is 12.5 Å². The number of aliphatic carboxylic acids is 2. The van der Waals surface area contributed by atoms with Crippen LogP contribution >= 0.6 is 0 Å². The fraction of sp³-hybridized carbons (Fsp3) is 0.667. The van der Waals surface area contributed by atoms with Gasteiger partial charge in [0.15, 0.2) is 0 Å². The zero-order valence-corrected chi connectivity index (χ0v) is 17.7. The first-order valence-electron chi connectivity index (χ1n) is 9.69. The maximum Gasteiger partial charge on any atom is 0.326 e. The zero-order valence-electron chi connectivity index (χ0n) is 17.7. The topological polar surface area (TPSA) is 231 Å². The van der Waals surface area contributed by atoms with Gasteiger partial charge in [0.1, 0.15) is 18.1 Å². The second kappa shape index (κ2) is 13.2. The van der Waals surface area contributed by atoms with Crippen molar-refractivity contribution in [1.29, 1.82) is 0 Å². The Labute approximate surface area is 179 Å². The molecule has 31 heavy (non-hydrogen) atoms. The van der Waals surface area contributed by atoms with E-state index in [1.807, 2.05) is 0 Å². The Bertz CT molecular complexity index is 696. The van der Waals surface area contributed by atoms with Crippen LogP contribution in [0, 0.1) is 5.92 Å². The van der Waals surface area contributed by atoms with Gasteiger partial charge in [-0.2, -0.15) is 0 Å². The van der Waals surface area contributed by atoms with E-state index in [4.69, 9.17) is 16.6 Å². The molecule has 5 atom stereocenters. The summed E-state index contributed by atoms with van der Waals surface area (Å²) in [4.78, 5) is 70.5. The van der Waals surface area contributed by atoms with Gasteiger partial charge in [-0.15, -0.1) is 0 Å². The summed E-state index contributed by atoms with van der Waals surface area (Å²) >= 11 is 0. The molecular weight excluding hydrogens is 414 g/mol. The van der Waals surface area contributed by atoms with Crippen LogP contribution in [0.1, 0.15) is 46.5 Å². The van der Waals surface area contributed by atoms with Gasteiger partial charge in [-0.25, -0.2) is 4.79 Å². The molecule has 0 aromatic carbocycles. The van der Waals surface area contributed by atoms with Gasteiger partial charge in [-0.3, -0.25) is 24.0 Å². The Hall–Kier alpha value is -3.22. The lowest BCUT2D eigenvalue weighted by atomic mass is 9.97. The number of rotatable bonds is 14. The number of carbonyl (C=O) groups excluding carboxylic acids is 4. The summed E-state index contributed by atoms with van der Waals surface area (Å²) in [5.74, 6) is -6.52. The Kier molecular flexibility index (Phi) is 11.8. The van der Waals surface area contributed by atoms with Gasteiger partial charge in [-0.05, 0) is 19.3 Å². The van der Waals surface area contributed by atoms with Crippen molar-refractivity contribution in [1.82, 2.24) is 16.0 Å². The highest BCUT2D eigenvalue weighted by atomic mass is 16.4. The summed E-state index contributed by atoms with van der Waals surface area (Å²) in [6.07, 6.45) is -0.867. The number of hydrogen-bond donors (Lipinski definition) is 7. The smallest absolute Gasteiger partial charge is 0.326 e. The van der Waals surface area contributed by atoms with Crippen molar-refractivity contribution in [3.8, 4) is 0 Å². The number of carboxylic acids is 2. The second-order valence-corrected chi connectivity index (χ2v) is 7.22.